The van der Waals surface area contributed by atoms with Gasteiger partial charge in [-0.15, -0.1) is 0 Å². The summed E-state index contributed by atoms with van der Waals surface area (Å²) in [4.78, 5) is 13.8. The molecule has 0 aliphatic heterocycles. The van der Waals surface area contributed by atoms with Crippen molar-refractivity contribution in [1.82, 2.24) is 19.5 Å². The zero-order valence-electron chi connectivity index (χ0n) is 10.8. The van der Waals surface area contributed by atoms with E-state index in [1.54, 1.807) is 25.2 Å². The molecule has 96 valence electrons. The maximum Gasteiger partial charge on any atom is 0.255 e. The van der Waals surface area contributed by atoms with Crippen LogP contribution in [-0.4, -0.2) is 39.5 Å². The highest BCUT2D eigenvalue weighted by Crippen LogP contribution is 2.25. The van der Waals surface area contributed by atoms with Crippen molar-refractivity contribution in [2.24, 2.45) is 0 Å². The van der Waals surface area contributed by atoms with E-state index >= 15 is 0 Å². The number of carbonyl (C=O) groups is 1. The third kappa shape index (κ3) is 1.79. The molecule has 3 rings (SSSR count). The Morgan fingerprint density at radius 1 is 1.32 bits per heavy atom. The molecule has 0 saturated heterocycles. The van der Waals surface area contributed by atoms with E-state index in [1.165, 1.54) is 0 Å². The maximum absolute atomic E-state index is 12.2. The Morgan fingerprint density at radius 2 is 2.16 bits per heavy atom. The average molecular weight is 254 g/mol. The molecule has 0 saturated carbocycles. The first kappa shape index (κ1) is 11.5. The van der Waals surface area contributed by atoms with Crippen molar-refractivity contribution >= 4 is 11.4 Å². The van der Waals surface area contributed by atoms with Crippen molar-refractivity contribution in [3.05, 3.63) is 48.3 Å². The number of amides is 1. The van der Waals surface area contributed by atoms with Crippen LogP contribution in [0.3, 0.4) is 0 Å². The zero-order chi connectivity index (χ0) is 13.4. The van der Waals surface area contributed by atoms with E-state index in [2.05, 4.69) is 10.2 Å². The van der Waals surface area contributed by atoms with E-state index in [9.17, 15) is 4.79 Å². The summed E-state index contributed by atoms with van der Waals surface area (Å²) in [5.41, 5.74) is 3.40. The van der Waals surface area contributed by atoms with E-state index in [4.69, 9.17) is 0 Å². The van der Waals surface area contributed by atoms with Gasteiger partial charge in [-0.1, -0.05) is 6.07 Å². The molecule has 1 amide bonds. The van der Waals surface area contributed by atoms with E-state index in [0.717, 1.165) is 16.9 Å². The first-order chi connectivity index (χ1) is 9.18. The van der Waals surface area contributed by atoms with Gasteiger partial charge in [-0.05, 0) is 24.3 Å². The fourth-order valence-electron chi connectivity index (χ4n) is 2.17. The average Bonchev–Trinajstić information content (AvgIpc) is 3.04. The van der Waals surface area contributed by atoms with Gasteiger partial charge in [0.15, 0.2) is 0 Å². The first-order valence-electron chi connectivity index (χ1n) is 6.00. The number of hydrogen-bond donors (Lipinski definition) is 1. The summed E-state index contributed by atoms with van der Waals surface area (Å²) in [6.07, 6.45) is 3.64. The molecule has 0 bridgehead atoms. The smallest absolute Gasteiger partial charge is 0.255 e. The van der Waals surface area contributed by atoms with E-state index in [-0.39, 0.29) is 5.91 Å². The van der Waals surface area contributed by atoms with Gasteiger partial charge < -0.3 is 9.30 Å². The topological polar surface area (TPSA) is 53.4 Å². The van der Waals surface area contributed by atoms with Gasteiger partial charge in [0.25, 0.3) is 5.91 Å². The molecule has 0 aromatic carbocycles. The number of fused-ring (bicyclic) bond motifs is 1. The van der Waals surface area contributed by atoms with Gasteiger partial charge in [0.1, 0.15) is 0 Å². The van der Waals surface area contributed by atoms with Gasteiger partial charge in [0.2, 0.25) is 0 Å². The van der Waals surface area contributed by atoms with Crippen molar-refractivity contribution in [2.75, 3.05) is 14.1 Å². The van der Waals surface area contributed by atoms with Crippen LogP contribution in [-0.2, 0) is 0 Å². The SMILES string of the molecule is CN(C)C(=O)c1cc(-c2ccn[nH]2)n2ccccc12. The van der Waals surface area contributed by atoms with Crippen LogP contribution in [0.25, 0.3) is 16.9 Å². The molecule has 0 aliphatic rings. The number of aromatic nitrogens is 3. The lowest BCUT2D eigenvalue weighted by Gasteiger charge is -2.08. The van der Waals surface area contributed by atoms with Gasteiger partial charge in [0.05, 0.1) is 22.5 Å². The summed E-state index contributed by atoms with van der Waals surface area (Å²) in [6, 6.07) is 9.59. The highest BCUT2D eigenvalue weighted by Gasteiger charge is 2.17. The van der Waals surface area contributed by atoms with Crippen molar-refractivity contribution < 1.29 is 4.79 Å². The molecule has 19 heavy (non-hydrogen) atoms. The molecular formula is C14H14N4O. The lowest BCUT2D eigenvalue weighted by molar-refractivity contribution is 0.0829. The second-order valence-electron chi connectivity index (χ2n) is 4.57. The highest BCUT2D eigenvalue weighted by molar-refractivity contribution is 6.02. The minimum atomic E-state index is -0.00512. The predicted molar refractivity (Wildman–Crippen MR) is 73.0 cm³/mol. The van der Waals surface area contributed by atoms with E-state index in [0.29, 0.717) is 5.56 Å². The lowest BCUT2D eigenvalue weighted by Crippen LogP contribution is -2.21. The fraction of sp³-hybridized carbons (Fsp3) is 0.143. The first-order valence-corrected chi connectivity index (χ1v) is 6.00. The van der Waals surface area contributed by atoms with E-state index < -0.39 is 0 Å². The summed E-state index contributed by atoms with van der Waals surface area (Å²) in [7, 11) is 3.51. The Hall–Kier alpha value is -2.56. The molecule has 3 heterocycles. The third-order valence-electron chi connectivity index (χ3n) is 3.09. The van der Waals surface area contributed by atoms with E-state index in [1.807, 2.05) is 40.9 Å². The summed E-state index contributed by atoms with van der Waals surface area (Å²) >= 11 is 0. The number of pyridine rings is 1. The number of aromatic amines is 1. The van der Waals surface area contributed by atoms with Crippen LogP contribution in [0, 0.1) is 0 Å². The van der Waals surface area contributed by atoms with Gasteiger partial charge in [-0.3, -0.25) is 9.89 Å². The largest absolute Gasteiger partial charge is 0.345 e. The summed E-state index contributed by atoms with van der Waals surface area (Å²) in [5.74, 6) is -0.00512. The number of rotatable bonds is 2. The number of nitrogens with one attached hydrogen (secondary N) is 1. The molecule has 5 nitrogen and oxygen atoms in total. The van der Waals surface area contributed by atoms with Crippen molar-refractivity contribution in [2.45, 2.75) is 0 Å². The van der Waals surface area contributed by atoms with Crippen LogP contribution in [0.2, 0.25) is 0 Å². The number of carbonyl (C=O) groups excluding carboxylic acids is 1. The lowest BCUT2D eigenvalue weighted by atomic mass is 10.2. The molecule has 0 radical (unpaired) electrons. The molecule has 0 fully saturated rings. The van der Waals surface area contributed by atoms with Crippen LogP contribution in [0.5, 0.6) is 0 Å². The fourth-order valence-corrected chi connectivity index (χ4v) is 2.17. The van der Waals surface area contributed by atoms with Gasteiger partial charge in [0, 0.05) is 26.5 Å². The van der Waals surface area contributed by atoms with Crippen molar-refractivity contribution in [3.63, 3.8) is 0 Å². The molecule has 3 aromatic heterocycles. The molecule has 5 heteroatoms. The molecule has 0 spiro atoms. The van der Waals surface area contributed by atoms with Crippen LogP contribution >= 0.6 is 0 Å². The van der Waals surface area contributed by atoms with Crippen LogP contribution in [0.1, 0.15) is 10.4 Å². The molecule has 0 unspecified atom stereocenters. The predicted octanol–water partition coefficient (Wildman–Crippen LogP) is 2.03. The highest BCUT2D eigenvalue weighted by atomic mass is 16.2. The Bertz CT molecular complexity index is 725. The standard InChI is InChI=1S/C14H14N4O/c1-17(2)14(19)10-9-13(11-6-7-15-16-11)18-8-4-3-5-12(10)18/h3-9H,1-2H3,(H,15,16). The minimum Gasteiger partial charge on any atom is -0.345 e. The Labute approximate surface area is 110 Å². The Morgan fingerprint density at radius 3 is 2.84 bits per heavy atom. The van der Waals surface area contributed by atoms with Crippen molar-refractivity contribution in [1.29, 1.82) is 0 Å². The zero-order valence-corrected chi connectivity index (χ0v) is 10.8. The molecule has 3 aromatic rings. The van der Waals surface area contributed by atoms with Gasteiger partial charge in [-0.2, -0.15) is 5.10 Å². The van der Waals surface area contributed by atoms with Crippen LogP contribution in [0.4, 0.5) is 0 Å². The Kier molecular flexibility index (Phi) is 2.59. The quantitative estimate of drug-likeness (QED) is 0.760. The van der Waals surface area contributed by atoms with Crippen molar-refractivity contribution in [3.8, 4) is 11.4 Å². The second kappa shape index (κ2) is 4.28. The normalized spacial score (nSPS) is 10.8. The Balaban J connectivity index is 2.28. The van der Waals surface area contributed by atoms with Crippen LogP contribution in [0.15, 0.2) is 42.7 Å². The maximum atomic E-state index is 12.2. The second-order valence-corrected chi connectivity index (χ2v) is 4.57. The minimum absolute atomic E-state index is 0.00512. The van der Waals surface area contributed by atoms with Crippen LogP contribution < -0.4 is 0 Å². The third-order valence-corrected chi connectivity index (χ3v) is 3.09. The monoisotopic (exact) mass is 254 g/mol. The summed E-state index contributed by atoms with van der Waals surface area (Å²) in [5, 5.41) is 6.89. The number of H-pyrrole nitrogens is 1. The molecule has 0 atom stereocenters. The summed E-state index contributed by atoms with van der Waals surface area (Å²) in [6.45, 7) is 0. The molecule has 0 aliphatic carbocycles. The summed E-state index contributed by atoms with van der Waals surface area (Å²) < 4.78 is 1.99. The van der Waals surface area contributed by atoms with Gasteiger partial charge >= 0.3 is 0 Å². The number of hydrogen-bond acceptors (Lipinski definition) is 2. The van der Waals surface area contributed by atoms with Gasteiger partial charge in [-0.25, -0.2) is 0 Å². The number of nitrogens with zero attached hydrogens (tertiary/aromatic N) is 3. The molecular weight excluding hydrogens is 240 g/mol. The molecule has 1 N–H and O–H groups in total.